The summed E-state index contributed by atoms with van der Waals surface area (Å²) in [6.45, 7) is 0.164. The molecule has 0 aliphatic heterocycles. The third-order valence-corrected chi connectivity index (χ3v) is 2.52. The molecule has 5 heteroatoms. The molecule has 1 aromatic carbocycles. The summed E-state index contributed by atoms with van der Waals surface area (Å²) < 4.78 is 0. The molecule has 1 aromatic rings. The Morgan fingerprint density at radius 3 is 2.75 bits per heavy atom. The van der Waals surface area contributed by atoms with Crippen molar-refractivity contribution in [1.29, 1.82) is 0 Å². The molecule has 0 bridgehead atoms. The Morgan fingerprint density at radius 1 is 1.38 bits per heavy atom. The highest BCUT2D eigenvalue weighted by Gasteiger charge is 1.97. The van der Waals surface area contributed by atoms with E-state index in [1.165, 1.54) is 6.08 Å². The first-order valence-corrected chi connectivity index (χ1v) is 5.41. The van der Waals surface area contributed by atoms with Crippen molar-refractivity contribution in [2.24, 2.45) is 0 Å². The van der Waals surface area contributed by atoms with Crippen molar-refractivity contribution in [3.8, 4) is 0 Å². The summed E-state index contributed by atoms with van der Waals surface area (Å²) >= 11 is 11.6. The number of benzene rings is 1. The number of aliphatic hydroxyl groups excluding tert-OH is 1. The molecule has 1 amide bonds. The highest BCUT2D eigenvalue weighted by molar-refractivity contribution is 6.42. The van der Waals surface area contributed by atoms with Crippen LogP contribution < -0.4 is 5.32 Å². The molecule has 3 nitrogen and oxygen atoms in total. The zero-order valence-corrected chi connectivity index (χ0v) is 9.92. The topological polar surface area (TPSA) is 49.3 Å². The van der Waals surface area contributed by atoms with Gasteiger partial charge < -0.3 is 10.4 Å². The van der Waals surface area contributed by atoms with Crippen LogP contribution in [0.25, 0.3) is 6.08 Å². The van der Waals surface area contributed by atoms with Crippen molar-refractivity contribution in [3.05, 3.63) is 39.9 Å². The number of hydrogen-bond acceptors (Lipinski definition) is 2. The Morgan fingerprint density at radius 2 is 2.12 bits per heavy atom. The third kappa shape index (κ3) is 4.23. The van der Waals surface area contributed by atoms with Crippen molar-refractivity contribution in [2.45, 2.75) is 0 Å². The second-order valence-electron chi connectivity index (χ2n) is 3.02. The summed E-state index contributed by atoms with van der Waals surface area (Å²) in [6.07, 6.45) is 2.99. The van der Waals surface area contributed by atoms with Gasteiger partial charge in [-0.1, -0.05) is 29.3 Å². The molecule has 2 N–H and O–H groups in total. The standard InChI is InChI=1S/C11H11Cl2NO2/c12-9-3-1-8(7-10(9)13)2-4-11(16)14-5-6-15/h1-4,7,15H,5-6H2,(H,14,16)/b4-2+. The number of amides is 1. The fourth-order valence-electron chi connectivity index (χ4n) is 1.03. The molecule has 0 fully saturated rings. The summed E-state index contributed by atoms with van der Waals surface area (Å²) in [4.78, 5) is 11.2. The SMILES string of the molecule is O=C(/C=C/c1ccc(Cl)c(Cl)c1)NCCO. The fourth-order valence-corrected chi connectivity index (χ4v) is 1.33. The van der Waals surface area contributed by atoms with Crippen LogP contribution >= 0.6 is 23.2 Å². The van der Waals surface area contributed by atoms with Crippen LogP contribution in [0.2, 0.25) is 10.0 Å². The normalized spacial score (nSPS) is 10.7. The Bertz CT molecular complexity index is 405. The van der Waals surface area contributed by atoms with Crippen LogP contribution in [0.5, 0.6) is 0 Å². The number of halogens is 2. The molecule has 0 atom stereocenters. The zero-order chi connectivity index (χ0) is 12.0. The summed E-state index contributed by atoms with van der Waals surface area (Å²) in [5, 5.41) is 11.9. The lowest BCUT2D eigenvalue weighted by atomic mass is 10.2. The first kappa shape index (κ1) is 13.0. The molecule has 0 spiro atoms. The number of nitrogens with one attached hydrogen (secondary N) is 1. The van der Waals surface area contributed by atoms with Crippen LogP contribution in [0.15, 0.2) is 24.3 Å². The minimum atomic E-state index is -0.264. The van der Waals surface area contributed by atoms with E-state index in [0.29, 0.717) is 10.0 Å². The Balaban J connectivity index is 2.62. The summed E-state index contributed by atoms with van der Waals surface area (Å²) in [5.41, 5.74) is 0.786. The van der Waals surface area contributed by atoms with Crippen LogP contribution in [-0.4, -0.2) is 24.2 Å². The van der Waals surface area contributed by atoms with E-state index >= 15 is 0 Å². The predicted octanol–water partition coefficient (Wildman–Crippen LogP) is 2.12. The van der Waals surface area contributed by atoms with Crippen molar-refractivity contribution in [3.63, 3.8) is 0 Å². The predicted molar refractivity (Wildman–Crippen MR) is 65.6 cm³/mol. The molecule has 0 aliphatic rings. The summed E-state index contributed by atoms with van der Waals surface area (Å²) in [6, 6.07) is 5.08. The molecule has 1 rings (SSSR count). The molecule has 86 valence electrons. The number of hydrogen-bond donors (Lipinski definition) is 2. The van der Waals surface area contributed by atoms with E-state index < -0.39 is 0 Å². The second kappa shape index (κ2) is 6.53. The van der Waals surface area contributed by atoms with Crippen molar-refractivity contribution in [2.75, 3.05) is 13.2 Å². The van der Waals surface area contributed by atoms with Gasteiger partial charge in [-0.3, -0.25) is 4.79 Å². The lowest BCUT2D eigenvalue weighted by Gasteiger charge is -1.99. The Labute approximate surface area is 104 Å². The van der Waals surface area contributed by atoms with Gasteiger partial charge in [0.1, 0.15) is 0 Å². The van der Waals surface area contributed by atoms with E-state index in [2.05, 4.69) is 5.32 Å². The summed E-state index contributed by atoms with van der Waals surface area (Å²) in [5.74, 6) is -0.264. The number of carbonyl (C=O) groups excluding carboxylic acids is 1. The van der Waals surface area contributed by atoms with Crippen LogP contribution in [0.4, 0.5) is 0 Å². The average molecular weight is 260 g/mol. The van der Waals surface area contributed by atoms with Crippen LogP contribution in [0.3, 0.4) is 0 Å². The highest BCUT2D eigenvalue weighted by atomic mass is 35.5. The largest absolute Gasteiger partial charge is 0.395 e. The van der Waals surface area contributed by atoms with Gasteiger partial charge in [0, 0.05) is 12.6 Å². The van der Waals surface area contributed by atoms with E-state index in [4.69, 9.17) is 28.3 Å². The first-order valence-electron chi connectivity index (χ1n) is 4.65. The maximum absolute atomic E-state index is 11.2. The van der Waals surface area contributed by atoms with Gasteiger partial charge in [0.25, 0.3) is 0 Å². The zero-order valence-electron chi connectivity index (χ0n) is 8.41. The minimum absolute atomic E-state index is 0.0770. The monoisotopic (exact) mass is 259 g/mol. The minimum Gasteiger partial charge on any atom is -0.395 e. The number of carbonyl (C=O) groups is 1. The quantitative estimate of drug-likeness (QED) is 0.814. The van der Waals surface area contributed by atoms with Gasteiger partial charge in [-0.15, -0.1) is 0 Å². The molecule has 0 saturated carbocycles. The molecular formula is C11H11Cl2NO2. The van der Waals surface area contributed by atoms with Crippen molar-refractivity contribution in [1.82, 2.24) is 5.32 Å². The van der Waals surface area contributed by atoms with Crippen LogP contribution in [0.1, 0.15) is 5.56 Å². The van der Waals surface area contributed by atoms with E-state index in [1.807, 2.05) is 0 Å². The van der Waals surface area contributed by atoms with Crippen LogP contribution in [-0.2, 0) is 4.79 Å². The van der Waals surface area contributed by atoms with Crippen molar-refractivity contribution < 1.29 is 9.90 Å². The van der Waals surface area contributed by atoms with Gasteiger partial charge in [-0.2, -0.15) is 0 Å². The molecule has 0 aromatic heterocycles. The molecule has 0 heterocycles. The Hall–Kier alpha value is -1.03. The maximum atomic E-state index is 11.2. The van der Waals surface area contributed by atoms with Gasteiger partial charge in [0.05, 0.1) is 16.7 Å². The number of rotatable bonds is 4. The molecule has 16 heavy (non-hydrogen) atoms. The molecule has 0 aliphatic carbocycles. The highest BCUT2D eigenvalue weighted by Crippen LogP contribution is 2.22. The Kier molecular flexibility index (Phi) is 5.32. The van der Waals surface area contributed by atoms with Gasteiger partial charge >= 0.3 is 0 Å². The smallest absolute Gasteiger partial charge is 0.244 e. The number of aliphatic hydroxyl groups is 1. The van der Waals surface area contributed by atoms with E-state index in [9.17, 15) is 4.79 Å². The van der Waals surface area contributed by atoms with Gasteiger partial charge in [0.2, 0.25) is 5.91 Å². The van der Waals surface area contributed by atoms with Crippen molar-refractivity contribution >= 4 is 35.2 Å². The van der Waals surface area contributed by atoms with Gasteiger partial charge in [-0.25, -0.2) is 0 Å². The first-order chi connectivity index (χ1) is 7.63. The average Bonchev–Trinajstić information content (AvgIpc) is 2.28. The third-order valence-electron chi connectivity index (χ3n) is 1.78. The van der Waals surface area contributed by atoms with Gasteiger partial charge in [0.15, 0.2) is 0 Å². The molecule has 0 saturated heterocycles. The molecule has 0 unspecified atom stereocenters. The molecular weight excluding hydrogens is 249 g/mol. The van der Waals surface area contributed by atoms with Crippen LogP contribution in [0, 0.1) is 0 Å². The van der Waals surface area contributed by atoms with E-state index in [0.717, 1.165) is 5.56 Å². The lowest BCUT2D eigenvalue weighted by Crippen LogP contribution is -2.24. The van der Waals surface area contributed by atoms with E-state index in [-0.39, 0.29) is 19.1 Å². The maximum Gasteiger partial charge on any atom is 0.244 e. The molecule has 0 radical (unpaired) electrons. The van der Waals surface area contributed by atoms with Gasteiger partial charge in [-0.05, 0) is 23.8 Å². The fraction of sp³-hybridized carbons (Fsp3) is 0.182. The summed E-state index contributed by atoms with van der Waals surface area (Å²) in [7, 11) is 0. The lowest BCUT2D eigenvalue weighted by molar-refractivity contribution is -0.116. The van der Waals surface area contributed by atoms with E-state index in [1.54, 1.807) is 24.3 Å². The second-order valence-corrected chi connectivity index (χ2v) is 3.84.